The third-order valence-corrected chi connectivity index (χ3v) is 3.90. The Labute approximate surface area is 104 Å². The van der Waals surface area contributed by atoms with E-state index in [4.69, 9.17) is 5.73 Å². The molecule has 4 nitrogen and oxygen atoms in total. The Morgan fingerprint density at radius 2 is 1.94 bits per heavy atom. The molecule has 0 aromatic carbocycles. The van der Waals surface area contributed by atoms with E-state index in [-0.39, 0.29) is 17.2 Å². The number of hydrogen-bond donors (Lipinski definition) is 3. The van der Waals surface area contributed by atoms with Gasteiger partial charge >= 0.3 is 0 Å². The summed E-state index contributed by atoms with van der Waals surface area (Å²) >= 11 is 0. The molecule has 0 heterocycles. The van der Waals surface area contributed by atoms with Crippen molar-refractivity contribution in [1.82, 2.24) is 5.32 Å². The fourth-order valence-electron chi connectivity index (χ4n) is 2.35. The van der Waals surface area contributed by atoms with Crippen molar-refractivity contribution in [1.29, 1.82) is 0 Å². The SMILES string of the molecule is CC(C)C(N)C(O)C(=O)NCC1(C)CCCC1. The maximum absolute atomic E-state index is 11.7. The molecule has 1 rings (SSSR count). The number of rotatable bonds is 5. The first kappa shape index (κ1) is 14.5. The van der Waals surface area contributed by atoms with Crippen LogP contribution in [0, 0.1) is 11.3 Å². The van der Waals surface area contributed by atoms with Crippen LogP contribution in [0.3, 0.4) is 0 Å². The lowest BCUT2D eigenvalue weighted by molar-refractivity contribution is -0.131. The van der Waals surface area contributed by atoms with Gasteiger partial charge < -0.3 is 16.2 Å². The summed E-state index contributed by atoms with van der Waals surface area (Å²) in [5, 5.41) is 12.6. The molecule has 17 heavy (non-hydrogen) atoms. The van der Waals surface area contributed by atoms with Crippen LogP contribution in [0.1, 0.15) is 46.5 Å². The van der Waals surface area contributed by atoms with E-state index in [9.17, 15) is 9.90 Å². The Morgan fingerprint density at radius 3 is 2.41 bits per heavy atom. The summed E-state index contributed by atoms with van der Waals surface area (Å²) in [5.41, 5.74) is 5.97. The average molecular weight is 242 g/mol. The highest BCUT2D eigenvalue weighted by molar-refractivity contribution is 5.81. The van der Waals surface area contributed by atoms with E-state index in [1.807, 2.05) is 13.8 Å². The molecule has 0 radical (unpaired) electrons. The van der Waals surface area contributed by atoms with Crippen molar-refractivity contribution < 1.29 is 9.90 Å². The number of carbonyl (C=O) groups excluding carboxylic acids is 1. The van der Waals surface area contributed by atoms with Crippen LogP contribution in [0.5, 0.6) is 0 Å². The monoisotopic (exact) mass is 242 g/mol. The van der Waals surface area contributed by atoms with E-state index < -0.39 is 12.1 Å². The molecule has 0 aliphatic heterocycles. The quantitative estimate of drug-likeness (QED) is 0.674. The number of hydrogen-bond acceptors (Lipinski definition) is 3. The highest BCUT2D eigenvalue weighted by Gasteiger charge is 2.31. The van der Waals surface area contributed by atoms with Crippen LogP contribution in [0.4, 0.5) is 0 Å². The van der Waals surface area contributed by atoms with Gasteiger partial charge in [0.25, 0.3) is 0 Å². The van der Waals surface area contributed by atoms with Crippen LogP contribution in [0.2, 0.25) is 0 Å². The van der Waals surface area contributed by atoms with Gasteiger partial charge in [0.1, 0.15) is 6.10 Å². The van der Waals surface area contributed by atoms with E-state index in [2.05, 4.69) is 12.2 Å². The maximum Gasteiger partial charge on any atom is 0.250 e. The maximum atomic E-state index is 11.7. The lowest BCUT2D eigenvalue weighted by Crippen LogP contribution is -2.50. The van der Waals surface area contributed by atoms with E-state index in [0.717, 1.165) is 12.8 Å². The third kappa shape index (κ3) is 3.96. The Hall–Kier alpha value is -0.610. The minimum Gasteiger partial charge on any atom is -0.382 e. The van der Waals surface area contributed by atoms with Gasteiger partial charge in [-0.05, 0) is 24.2 Å². The van der Waals surface area contributed by atoms with E-state index in [1.165, 1.54) is 12.8 Å². The molecule has 4 heteroatoms. The molecular weight excluding hydrogens is 216 g/mol. The molecular formula is C13H26N2O2. The molecule has 2 atom stereocenters. The van der Waals surface area contributed by atoms with E-state index in [0.29, 0.717) is 6.54 Å². The summed E-state index contributed by atoms with van der Waals surface area (Å²) in [6.45, 7) is 6.64. The van der Waals surface area contributed by atoms with Crippen LogP contribution in [-0.2, 0) is 4.79 Å². The fourth-order valence-corrected chi connectivity index (χ4v) is 2.35. The van der Waals surface area contributed by atoms with Crippen LogP contribution in [0.15, 0.2) is 0 Å². The normalized spacial score (nSPS) is 22.5. The molecule has 1 saturated carbocycles. The molecule has 1 fully saturated rings. The zero-order chi connectivity index (χ0) is 13.1. The number of aliphatic hydroxyl groups excluding tert-OH is 1. The minimum absolute atomic E-state index is 0.0952. The minimum atomic E-state index is -1.10. The standard InChI is InChI=1S/C13H26N2O2/c1-9(2)10(14)11(16)12(17)15-8-13(3)6-4-5-7-13/h9-11,16H,4-8,14H2,1-3H3,(H,15,17). The van der Waals surface area contributed by atoms with Crippen LogP contribution < -0.4 is 11.1 Å². The smallest absolute Gasteiger partial charge is 0.250 e. The summed E-state index contributed by atoms with van der Waals surface area (Å²) in [6, 6.07) is -0.494. The summed E-state index contributed by atoms with van der Waals surface area (Å²) in [4.78, 5) is 11.7. The summed E-state index contributed by atoms with van der Waals surface area (Å²) in [6.07, 6.45) is 3.68. The Balaban J connectivity index is 2.38. The lowest BCUT2D eigenvalue weighted by Gasteiger charge is -2.26. The predicted molar refractivity (Wildman–Crippen MR) is 68.4 cm³/mol. The molecule has 0 aromatic rings. The highest BCUT2D eigenvalue weighted by atomic mass is 16.3. The Bertz CT molecular complexity index is 260. The molecule has 4 N–H and O–H groups in total. The lowest BCUT2D eigenvalue weighted by atomic mass is 9.88. The number of nitrogens with one attached hydrogen (secondary N) is 1. The van der Waals surface area contributed by atoms with E-state index >= 15 is 0 Å². The second-order valence-electron chi connectivity index (χ2n) is 6.00. The van der Waals surface area contributed by atoms with Crippen molar-refractivity contribution in [2.24, 2.45) is 17.1 Å². The molecule has 0 aromatic heterocycles. The fraction of sp³-hybridized carbons (Fsp3) is 0.923. The number of amides is 1. The second kappa shape index (κ2) is 5.83. The van der Waals surface area contributed by atoms with Crippen molar-refractivity contribution >= 4 is 5.91 Å². The molecule has 1 aliphatic carbocycles. The predicted octanol–water partition coefficient (Wildman–Crippen LogP) is 1.03. The summed E-state index contributed by atoms with van der Waals surface area (Å²) < 4.78 is 0. The first-order valence-corrected chi connectivity index (χ1v) is 6.57. The zero-order valence-corrected chi connectivity index (χ0v) is 11.2. The van der Waals surface area contributed by atoms with Gasteiger partial charge in [0.15, 0.2) is 0 Å². The molecule has 100 valence electrons. The molecule has 1 aliphatic rings. The largest absolute Gasteiger partial charge is 0.382 e. The zero-order valence-electron chi connectivity index (χ0n) is 11.2. The summed E-state index contributed by atoms with van der Waals surface area (Å²) in [7, 11) is 0. The second-order valence-corrected chi connectivity index (χ2v) is 6.00. The molecule has 2 unspecified atom stereocenters. The van der Waals surface area contributed by atoms with E-state index in [1.54, 1.807) is 0 Å². The van der Waals surface area contributed by atoms with Gasteiger partial charge in [0.05, 0.1) is 0 Å². The first-order valence-electron chi connectivity index (χ1n) is 6.57. The Kier molecular flexibility index (Phi) is 4.95. The Morgan fingerprint density at radius 1 is 1.41 bits per heavy atom. The van der Waals surface area contributed by atoms with Crippen LogP contribution in [0.25, 0.3) is 0 Å². The number of carbonyl (C=O) groups is 1. The number of nitrogens with two attached hydrogens (primary N) is 1. The van der Waals surface area contributed by atoms with Crippen molar-refractivity contribution in [3.63, 3.8) is 0 Å². The summed E-state index contributed by atoms with van der Waals surface area (Å²) in [5.74, 6) is -0.239. The van der Waals surface area contributed by atoms with Crippen molar-refractivity contribution in [3.8, 4) is 0 Å². The number of aliphatic hydroxyl groups is 1. The van der Waals surface area contributed by atoms with Gasteiger partial charge in [-0.25, -0.2) is 0 Å². The van der Waals surface area contributed by atoms with Crippen molar-refractivity contribution in [2.75, 3.05) is 6.54 Å². The van der Waals surface area contributed by atoms with Crippen LogP contribution in [-0.4, -0.2) is 29.7 Å². The first-order chi connectivity index (χ1) is 7.86. The molecule has 0 bridgehead atoms. The van der Waals surface area contributed by atoms with Crippen molar-refractivity contribution in [2.45, 2.75) is 58.6 Å². The molecule has 0 spiro atoms. The van der Waals surface area contributed by atoms with Gasteiger partial charge in [-0.1, -0.05) is 33.6 Å². The average Bonchev–Trinajstić information content (AvgIpc) is 2.71. The van der Waals surface area contributed by atoms with Gasteiger partial charge in [-0.15, -0.1) is 0 Å². The van der Waals surface area contributed by atoms with Gasteiger partial charge in [-0.3, -0.25) is 4.79 Å². The third-order valence-electron chi connectivity index (χ3n) is 3.90. The molecule has 1 amide bonds. The molecule has 0 saturated heterocycles. The topological polar surface area (TPSA) is 75.3 Å². The van der Waals surface area contributed by atoms with Crippen LogP contribution >= 0.6 is 0 Å². The van der Waals surface area contributed by atoms with Gasteiger partial charge in [0, 0.05) is 12.6 Å². The van der Waals surface area contributed by atoms with Gasteiger partial charge in [-0.2, -0.15) is 0 Å². The highest BCUT2D eigenvalue weighted by Crippen LogP contribution is 2.36. The van der Waals surface area contributed by atoms with Gasteiger partial charge in [0.2, 0.25) is 5.91 Å². The van der Waals surface area contributed by atoms with Crippen molar-refractivity contribution in [3.05, 3.63) is 0 Å².